The molecule has 0 aliphatic carbocycles. The van der Waals surface area contributed by atoms with Gasteiger partial charge in [-0.25, -0.2) is 0 Å². The van der Waals surface area contributed by atoms with Crippen molar-refractivity contribution in [2.24, 2.45) is 0 Å². The van der Waals surface area contributed by atoms with Gasteiger partial charge in [-0.3, -0.25) is 4.98 Å². The predicted octanol–water partition coefficient (Wildman–Crippen LogP) is 13.2. The maximum absolute atomic E-state index is 6.40. The van der Waals surface area contributed by atoms with Crippen LogP contribution in [0.15, 0.2) is 187 Å². The number of hydrogen-bond acceptors (Lipinski definition) is 3. The Bertz CT molecular complexity index is 2880. The van der Waals surface area contributed by atoms with Gasteiger partial charge < -0.3 is 9.32 Å². The summed E-state index contributed by atoms with van der Waals surface area (Å²) in [4.78, 5) is 6.70. The Kier molecular flexibility index (Phi) is 6.49. The first-order chi connectivity index (χ1) is 24.8. The number of pyridine rings is 1. The van der Waals surface area contributed by atoms with Gasteiger partial charge in [0.1, 0.15) is 11.2 Å². The molecule has 0 atom stereocenters. The topological polar surface area (TPSA) is 29.3 Å². The van der Waals surface area contributed by atoms with Crippen molar-refractivity contribution < 1.29 is 4.42 Å². The molecule has 0 aliphatic heterocycles. The number of anilines is 3. The molecule has 0 fully saturated rings. The summed E-state index contributed by atoms with van der Waals surface area (Å²) in [5.41, 5.74) is 9.70. The molecule has 234 valence electrons. The largest absolute Gasteiger partial charge is 0.456 e. The van der Waals surface area contributed by atoms with Crippen molar-refractivity contribution in [3.05, 3.63) is 182 Å². The average Bonchev–Trinajstić information content (AvgIpc) is 3.54. The highest BCUT2D eigenvalue weighted by molar-refractivity contribution is 6.11. The Balaban J connectivity index is 1.17. The van der Waals surface area contributed by atoms with Gasteiger partial charge in [0, 0.05) is 45.5 Å². The Morgan fingerprint density at radius 3 is 2.02 bits per heavy atom. The molecule has 10 aromatic rings. The Labute approximate surface area is 289 Å². The van der Waals surface area contributed by atoms with E-state index in [1.165, 1.54) is 43.8 Å². The lowest BCUT2D eigenvalue weighted by Gasteiger charge is -2.28. The number of furan rings is 1. The second kappa shape index (κ2) is 11.5. The summed E-state index contributed by atoms with van der Waals surface area (Å²) >= 11 is 0. The average molecular weight is 639 g/mol. The van der Waals surface area contributed by atoms with E-state index in [1.807, 2.05) is 12.4 Å². The molecule has 2 aromatic heterocycles. The SMILES string of the molecule is c1ccc(N(c2ccc(-c3ccc4ccccc4c3)cc2)c2ccc3oc4cc5cnccc5cc4c3c2)c(-c2cccc3ccccc23)c1. The summed E-state index contributed by atoms with van der Waals surface area (Å²) < 4.78 is 6.40. The molecule has 0 spiro atoms. The zero-order chi connectivity index (χ0) is 33.0. The van der Waals surface area contributed by atoms with Crippen molar-refractivity contribution in [3.63, 3.8) is 0 Å². The summed E-state index contributed by atoms with van der Waals surface area (Å²) in [5, 5.41) is 9.32. The molecule has 2 heterocycles. The molecule has 0 aliphatic rings. The van der Waals surface area contributed by atoms with Crippen LogP contribution in [0.2, 0.25) is 0 Å². The number of nitrogens with zero attached hydrogens (tertiary/aromatic N) is 2. The fourth-order valence-electron chi connectivity index (χ4n) is 7.44. The monoisotopic (exact) mass is 638 g/mol. The predicted molar refractivity (Wildman–Crippen MR) is 210 cm³/mol. The van der Waals surface area contributed by atoms with E-state index in [-0.39, 0.29) is 0 Å². The standard InChI is InChI=1S/C47H30N2O/c1-2-10-34-26-35(17-16-31(34)8-1)32-18-20-38(21-19-32)49(45-15-6-5-13-42(45)41-14-7-11-33-9-3-4-12-40(33)41)39-22-23-46-44(29-39)43-27-36-24-25-48-30-37(36)28-47(43)50-46/h1-30H. The first-order valence-electron chi connectivity index (χ1n) is 16.9. The number of fused-ring (bicyclic) bond motifs is 6. The van der Waals surface area contributed by atoms with Crippen LogP contribution >= 0.6 is 0 Å². The first kappa shape index (κ1) is 28.3. The minimum atomic E-state index is 0.861. The number of para-hydroxylation sites is 1. The molecule has 0 N–H and O–H groups in total. The third-order valence-corrected chi connectivity index (χ3v) is 9.90. The van der Waals surface area contributed by atoms with Gasteiger partial charge >= 0.3 is 0 Å². The normalized spacial score (nSPS) is 11.6. The lowest BCUT2D eigenvalue weighted by Crippen LogP contribution is -2.11. The van der Waals surface area contributed by atoms with Crippen LogP contribution in [0.5, 0.6) is 0 Å². The number of aromatic nitrogens is 1. The summed E-state index contributed by atoms with van der Waals surface area (Å²) in [7, 11) is 0. The highest BCUT2D eigenvalue weighted by Crippen LogP contribution is 2.44. The van der Waals surface area contributed by atoms with E-state index >= 15 is 0 Å². The van der Waals surface area contributed by atoms with E-state index in [0.29, 0.717) is 0 Å². The van der Waals surface area contributed by atoms with Crippen LogP contribution in [0.4, 0.5) is 17.1 Å². The molecule has 10 rings (SSSR count). The molecular formula is C47H30N2O. The van der Waals surface area contributed by atoms with Gasteiger partial charge in [0.25, 0.3) is 0 Å². The quantitative estimate of drug-likeness (QED) is 0.188. The second-order valence-corrected chi connectivity index (χ2v) is 12.8. The zero-order valence-corrected chi connectivity index (χ0v) is 27.1. The number of hydrogen-bond donors (Lipinski definition) is 0. The van der Waals surface area contributed by atoms with E-state index in [0.717, 1.165) is 49.8 Å². The highest BCUT2D eigenvalue weighted by Gasteiger charge is 2.20. The van der Waals surface area contributed by atoms with Crippen LogP contribution in [0.3, 0.4) is 0 Å². The molecule has 3 heteroatoms. The molecule has 8 aromatic carbocycles. The number of rotatable bonds is 5. The third-order valence-electron chi connectivity index (χ3n) is 9.90. The summed E-state index contributed by atoms with van der Waals surface area (Å²) in [5.74, 6) is 0. The van der Waals surface area contributed by atoms with Crippen LogP contribution < -0.4 is 4.90 Å². The van der Waals surface area contributed by atoms with Crippen molar-refractivity contribution in [3.8, 4) is 22.3 Å². The smallest absolute Gasteiger partial charge is 0.136 e. The van der Waals surface area contributed by atoms with Gasteiger partial charge in [-0.05, 0) is 104 Å². The van der Waals surface area contributed by atoms with Crippen molar-refractivity contribution in [2.75, 3.05) is 4.90 Å². The summed E-state index contributed by atoms with van der Waals surface area (Å²) in [6.07, 6.45) is 3.73. The van der Waals surface area contributed by atoms with Crippen molar-refractivity contribution in [1.29, 1.82) is 0 Å². The Morgan fingerprint density at radius 1 is 0.400 bits per heavy atom. The minimum Gasteiger partial charge on any atom is -0.456 e. The van der Waals surface area contributed by atoms with Gasteiger partial charge in [0.05, 0.1) is 5.69 Å². The fourth-order valence-corrected chi connectivity index (χ4v) is 7.44. The maximum atomic E-state index is 6.40. The van der Waals surface area contributed by atoms with E-state index in [2.05, 4.69) is 180 Å². The molecule has 3 nitrogen and oxygen atoms in total. The van der Waals surface area contributed by atoms with E-state index in [1.54, 1.807) is 0 Å². The molecule has 50 heavy (non-hydrogen) atoms. The number of benzene rings is 8. The van der Waals surface area contributed by atoms with Gasteiger partial charge in [-0.1, -0.05) is 109 Å². The Hall–Kier alpha value is -6.71. The first-order valence-corrected chi connectivity index (χ1v) is 16.9. The van der Waals surface area contributed by atoms with E-state index in [4.69, 9.17) is 4.42 Å². The lowest BCUT2D eigenvalue weighted by atomic mass is 9.96. The van der Waals surface area contributed by atoms with Crippen molar-refractivity contribution in [2.45, 2.75) is 0 Å². The van der Waals surface area contributed by atoms with Gasteiger partial charge in [0.2, 0.25) is 0 Å². The van der Waals surface area contributed by atoms with Crippen LogP contribution in [-0.2, 0) is 0 Å². The molecule has 0 saturated carbocycles. The van der Waals surface area contributed by atoms with Gasteiger partial charge in [0.15, 0.2) is 0 Å². The van der Waals surface area contributed by atoms with Crippen LogP contribution in [-0.4, -0.2) is 4.98 Å². The molecule has 0 radical (unpaired) electrons. The minimum absolute atomic E-state index is 0.861. The zero-order valence-electron chi connectivity index (χ0n) is 27.1. The van der Waals surface area contributed by atoms with Gasteiger partial charge in [-0.2, -0.15) is 0 Å². The van der Waals surface area contributed by atoms with Crippen LogP contribution in [0, 0.1) is 0 Å². The van der Waals surface area contributed by atoms with E-state index < -0.39 is 0 Å². The highest BCUT2D eigenvalue weighted by atomic mass is 16.3. The van der Waals surface area contributed by atoms with E-state index in [9.17, 15) is 0 Å². The molecule has 0 bridgehead atoms. The molecular weight excluding hydrogens is 609 g/mol. The summed E-state index contributed by atoms with van der Waals surface area (Å²) in [6, 6.07) is 61.0. The summed E-state index contributed by atoms with van der Waals surface area (Å²) in [6.45, 7) is 0. The molecule has 0 amide bonds. The maximum Gasteiger partial charge on any atom is 0.136 e. The fraction of sp³-hybridized carbons (Fsp3) is 0. The van der Waals surface area contributed by atoms with Crippen LogP contribution in [0.1, 0.15) is 0 Å². The molecule has 0 saturated heterocycles. The third kappa shape index (κ3) is 4.71. The molecule has 0 unspecified atom stereocenters. The lowest BCUT2D eigenvalue weighted by molar-refractivity contribution is 0.669. The Morgan fingerprint density at radius 2 is 1.10 bits per heavy atom. The van der Waals surface area contributed by atoms with Crippen molar-refractivity contribution in [1.82, 2.24) is 4.98 Å². The van der Waals surface area contributed by atoms with Crippen LogP contribution in [0.25, 0.3) is 76.5 Å². The second-order valence-electron chi connectivity index (χ2n) is 12.8. The van der Waals surface area contributed by atoms with Crippen molar-refractivity contribution >= 4 is 71.3 Å². The van der Waals surface area contributed by atoms with Gasteiger partial charge in [-0.15, -0.1) is 0 Å².